The number of ether oxygens (including phenoxy) is 2. The Hall–Kier alpha value is -0.740. The van der Waals surface area contributed by atoms with Gasteiger partial charge in [-0.1, -0.05) is 28.8 Å². The first-order chi connectivity index (χ1) is 8.76. The van der Waals surface area contributed by atoms with Gasteiger partial charge in [0.25, 0.3) is 0 Å². The predicted octanol–water partition coefficient (Wildman–Crippen LogP) is 3.50. The second-order valence-electron chi connectivity index (χ2n) is 4.62. The predicted molar refractivity (Wildman–Crippen MR) is 76.3 cm³/mol. The van der Waals surface area contributed by atoms with Gasteiger partial charge < -0.3 is 14.8 Å². The molecule has 2 rings (SSSR count). The maximum Gasteiger partial charge on any atom is 0.166 e. The average molecular weight is 314 g/mol. The summed E-state index contributed by atoms with van der Waals surface area (Å²) < 4.78 is 11.9. The second kappa shape index (κ2) is 6.43. The van der Waals surface area contributed by atoms with Crippen LogP contribution in [0.25, 0.3) is 0 Å². The van der Waals surface area contributed by atoms with Crippen LogP contribution < -0.4 is 14.8 Å². The van der Waals surface area contributed by atoms with E-state index < -0.39 is 0 Å². The van der Waals surface area contributed by atoms with Gasteiger partial charge in [-0.2, -0.15) is 0 Å². The summed E-state index contributed by atoms with van der Waals surface area (Å²) in [7, 11) is 3.35. The lowest BCUT2D eigenvalue weighted by Gasteiger charge is -2.17. The summed E-state index contributed by atoms with van der Waals surface area (Å²) in [6, 6.07) is 4.57. The Morgan fingerprint density at radius 3 is 2.56 bits per heavy atom. The molecule has 1 aliphatic rings. The molecule has 1 N–H and O–H groups in total. The minimum Gasteiger partial charge on any atom is -0.493 e. The largest absolute Gasteiger partial charge is 0.493 e. The highest BCUT2D eigenvalue weighted by molar-refractivity contribution is 9.10. The fourth-order valence-electron chi connectivity index (χ4n) is 2.51. The van der Waals surface area contributed by atoms with E-state index in [9.17, 15) is 0 Å². The van der Waals surface area contributed by atoms with Crippen molar-refractivity contribution in [3.8, 4) is 11.5 Å². The van der Waals surface area contributed by atoms with Crippen LogP contribution >= 0.6 is 15.9 Å². The molecule has 0 bridgehead atoms. The highest BCUT2D eigenvalue weighted by atomic mass is 79.9. The lowest BCUT2D eigenvalue weighted by Crippen LogP contribution is -2.25. The molecule has 4 heteroatoms. The molecule has 0 saturated heterocycles. The zero-order chi connectivity index (χ0) is 13.0. The summed E-state index contributed by atoms with van der Waals surface area (Å²) in [5.74, 6) is 1.60. The van der Waals surface area contributed by atoms with Crippen molar-refractivity contribution in [1.29, 1.82) is 0 Å². The molecule has 0 atom stereocenters. The molecular weight excluding hydrogens is 294 g/mol. The molecule has 1 aromatic rings. The number of halogens is 1. The molecular formula is C14H20BrNO2. The zero-order valence-corrected chi connectivity index (χ0v) is 12.5. The van der Waals surface area contributed by atoms with Gasteiger partial charge in [-0.3, -0.25) is 0 Å². The van der Waals surface area contributed by atoms with E-state index in [0.29, 0.717) is 6.04 Å². The maximum absolute atomic E-state index is 5.47. The van der Waals surface area contributed by atoms with E-state index in [1.807, 2.05) is 12.1 Å². The molecule has 3 nitrogen and oxygen atoms in total. The maximum atomic E-state index is 5.47. The van der Waals surface area contributed by atoms with Gasteiger partial charge in [-0.15, -0.1) is 0 Å². The van der Waals surface area contributed by atoms with Crippen molar-refractivity contribution in [2.24, 2.45) is 0 Å². The first-order valence-corrected chi connectivity index (χ1v) is 7.18. The van der Waals surface area contributed by atoms with Gasteiger partial charge in [0.15, 0.2) is 11.5 Å². The van der Waals surface area contributed by atoms with Crippen molar-refractivity contribution in [3.63, 3.8) is 0 Å². The highest BCUT2D eigenvalue weighted by Gasteiger charge is 2.17. The highest BCUT2D eigenvalue weighted by Crippen LogP contribution is 2.36. The topological polar surface area (TPSA) is 30.5 Å². The summed E-state index contributed by atoms with van der Waals surface area (Å²) in [4.78, 5) is 0. The van der Waals surface area contributed by atoms with E-state index in [-0.39, 0.29) is 0 Å². The first-order valence-electron chi connectivity index (χ1n) is 6.39. The van der Waals surface area contributed by atoms with E-state index in [1.165, 1.54) is 25.7 Å². The van der Waals surface area contributed by atoms with Gasteiger partial charge in [0.2, 0.25) is 0 Å². The molecule has 0 radical (unpaired) electrons. The fourth-order valence-corrected chi connectivity index (χ4v) is 2.96. The molecule has 0 spiro atoms. The quantitative estimate of drug-likeness (QED) is 0.902. The Morgan fingerprint density at radius 2 is 1.94 bits per heavy atom. The summed E-state index contributed by atoms with van der Waals surface area (Å²) >= 11 is 3.59. The Bertz CT molecular complexity index is 403. The summed E-state index contributed by atoms with van der Waals surface area (Å²) in [6.45, 7) is 0.811. The van der Waals surface area contributed by atoms with Crippen LogP contribution in [0.5, 0.6) is 11.5 Å². The smallest absolute Gasteiger partial charge is 0.166 e. The number of methoxy groups -OCH3 is 2. The summed E-state index contributed by atoms with van der Waals surface area (Å²) in [5, 5.41) is 3.60. The third-order valence-electron chi connectivity index (χ3n) is 3.51. The minimum atomic E-state index is 0.646. The number of benzene rings is 1. The summed E-state index contributed by atoms with van der Waals surface area (Å²) in [5.41, 5.74) is 1.13. The normalized spacial score (nSPS) is 15.9. The third kappa shape index (κ3) is 2.98. The van der Waals surface area contributed by atoms with E-state index in [2.05, 4.69) is 21.2 Å². The van der Waals surface area contributed by atoms with Crippen LogP contribution in [-0.4, -0.2) is 20.3 Å². The van der Waals surface area contributed by atoms with Crippen molar-refractivity contribution in [2.45, 2.75) is 38.3 Å². The third-order valence-corrected chi connectivity index (χ3v) is 4.26. The molecule has 1 aliphatic carbocycles. The molecule has 0 heterocycles. The lowest BCUT2D eigenvalue weighted by molar-refractivity contribution is 0.349. The number of hydrogen-bond donors (Lipinski definition) is 1. The lowest BCUT2D eigenvalue weighted by atomic mass is 10.1. The van der Waals surface area contributed by atoms with Crippen LogP contribution in [0.3, 0.4) is 0 Å². The molecule has 1 fully saturated rings. The molecule has 1 aromatic carbocycles. The number of rotatable bonds is 5. The van der Waals surface area contributed by atoms with Gasteiger partial charge >= 0.3 is 0 Å². The number of hydrogen-bond acceptors (Lipinski definition) is 3. The fraction of sp³-hybridized carbons (Fsp3) is 0.571. The zero-order valence-electron chi connectivity index (χ0n) is 11.0. The van der Waals surface area contributed by atoms with Gasteiger partial charge in [0.1, 0.15) is 0 Å². The Balaban J connectivity index is 2.14. The van der Waals surface area contributed by atoms with Crippen molar-refractivity contribution >= 4 is 15.9 Å². The van der Waals surface area contributed by atoms with E-state index in [4.69, 9.17) is 9.47 Å². The van der Waals surface area contributed by atoms with Crippen molar-refractivity contribution in [1.82, 2.24) is 5.32 Å². The summed E-state index contributed by atoms with van der Waals surface area (Å²) in [6.07, 6.45) is 5.25. The van der Waals surface area contributed by atoms with Gasteiger partial charge in [0.05, 0.1) is 14.2 Å². The Kier molecular flexibility index (Phi) is 4.89. The SMILES string of the molecule is COc1ccc(Br)c(CNC2CCCC2)c1OC. The van der Waals surface area contributed by atoms with Crippen LogP contribution in [0.4, 0.5) is 0 Å². The molecule has 0 amide bonds. The van der Waals surface area contributed by atoms with E-state index >= 15 is 0 Å². The second-order valence-corrected chi connectivity index (χ2v) is 5.48. The van der Waals surface area contributed by atoms with Crippen LogP contribution in [0.15, 0.2) is 16.6 Å². The standard InChI is InChI=1S/C14H20BrNO2/c1-17-13-8-7-12(15)11(14(13)18-2)9-16-10-5-3-4-6-10/h7-8,10,16H,3-6,9H2,1-2H3. The van der Waals surface area contributed by atoms with E-state index in [1.54, 1.807) is 14.2 Å². The number of nitrogens with one attached hydrogen (secondary N) is 1. The molecule has 18 heavy (non-hydrogen) atoms. The monoisotopic (exact) mass is 313 g/mol. The van der Waals surface area contributed by atoms with E-state index in [0.717, 1.165) is 28.1 Å². The molecule has 0 unspecified atom stereocenters. The van der Waals surface area contributed by atoms with Crippen molar-refractivity contribution in [2.75, 3.05) is 14.2 Å². The van der Waals surface area contributed by atoms with Gasteiger partial charge in [0, 0.05) is 22.6 Å². The van der Waals surface area contributed by atoms with Crippen molar-refractivity contribution in [3.05, 3.63) is 22.2 Å². The Morgan fingerprint density at radius 1 is 1.22 bits per heavy atom. The van der Waals surface area contributed by atoms with Crippen molar-refractivity contribution < 1.29 is 9.47 Å². The van der Waals surface area contributed by atoms with Crippen LogP contribution in [-0.2, 0) is 6.54 Å². The molecule has 0 aromatic heterocycles. The average Bonchev–Trinajstić information content (AvgIpc) is 2.90. The molecule has 100 valence electrons. The van der Waals surface area contributed by atoms with Gasteiger partial charge in [-0.05, 0) is 25.0 Å². The van der Waals surface area contributed by atoms with Crippen LogP contribution in [0.1, 0.15) is 31.2 Å². The van der Waals surface area contributed by atoms with Crippen LogP contribution in [0, 0.1) is 0 Å². The van der Waals surface area contributed by atoms with Gasteiger partial charge in [-0.25, -0.2) is 0 Å². The van der Waals surface area contributed by atoms with Crippen LogP contribution in [0.2, 0.25) is 0 Å². The molecule has 1 saturated carbocycles. The Labute approximate surface area is 117 Å². The molecule has 0 aliphatic heterocycles. The first kappa shape index (κ1) is 13.7. The minimum absolute atomic E-state index is 0.646.